The zero-order valence-corrected chi connectivity index (χ0v) is 11.9. The van der Waals surface area contributed by atoms with Gasteiger partial charge in [-0.1, -0.05) is 0 Å². The fourth-order valence-electron chi connectivity index (χ4n) is 2.36. The van der Waals surface area contributed by atoms with Crippen molar-refractivity contribution in [2.45, 2.75) is 31.4 Å². The molecule has 1 saturated heterocycles. The zero-order valence-electron chi connectivity index (χ0n) is 11.0. The van der Waals surface area contributed by atoms with E-state index in [4.69, 9.17) is 0 Å². The molecule has 3 atom stereocenters. The topological polar surface area (TPSA) is 52.5 Å². The number of thiol groups is 1. The van der Waals surface area contributed by atoms with Gasteiger partial charge in [-0.05, 0) is 27.0 Å². The summed E-state index contributed by atoms with van der Waals surface area (Å²) in [5.41, 5.74) is 0. The summed E-state index contributed by atoms with van der Waals surface area (Å²) >= 11 is 4.63. The van der Waals surface area contributed by atoms with Crippen LogP contribution in [0.1, 0.15) is 25.8 Å². The second-order valence-electron chi connectivity index (χ2n) is 4.91. The molecule has 1 fully saturated rings. The Morgan fingerprint density at radius 2 is 2.22 bits per heavy atom. The maximum Gasteiger partial charge on any atom is 0.158 e. The van der Waals surface area contributed by atoms with E-state index in [-0.39, 0.29) is 5.37 Å². The number of hydrogen-bond acceptors (Lipinski definition) is 6. The van der Waals surface area contributed by atoms with Gasteiger partial charge in [-0.3, -0.25) is 0 Å². The van der Waals surface area contributed by atoms with Crippen LogP contribution < -0.4 is 4.90 Å². The van der Waals surface area contributed by atoms with Crippen molar-refractivity contribution in [1.82, 2.24) is 14.9 Å². The Hall–Kier alpha value is -0.850. The summed E-state index contributed by atoms with van der Waals surface area (Å²) in [5.74, 6) is 1.29. The van der Waals surface area contributed by atoms with Gasteiger partial charge in [0.2, 0.25) is 0 Å². The Kier molecular flexibility index (Phi) is 4.09. The lowest BCUT2D eigenvalue weighted by Crippen LogP contribution is -2.55. The molecular formula is C12H20N4OS. The van der Waals surface area contributed by atoms with Crippen molar-refractivity contribution in [3.8, 4) is 0 Å². The van der Waals surface area contributed by atoms with Crippen LogP contribution in [0.3, 0.4) is 0 Å². The van der Waals surface area contributed by atoms with Gasteiger partial charge in [0.25, 0.3) is 0 Å². The van der Waals surface area contributed by atoms with Gasteiger partial charge in [-0.2, -0.15) is 12.6 Å². The molecule has 2 heterocycles. The Labute approximate surface area is 113 Å². The van der Waals surface area contributed by atoms with Gasteiger partial charge in [0, 0.05) is 25.3 Å². The minimum absolute atomic E-state index is 0.107. The van der Waals surface area contributed by atoms with E-state index in [1.54, 1.807) is 13.1 Å². The molecule has 0 amide bonds. The first-order chi connectivity index (χ1) is 8.49. The minimum atomic E-state index is -0.647. The normalized spacial score (nSPS) is 27.3. The summed E-state index contributed by atoms with van der Waals surface area (Å²) < 4.78 is 0. The van der Waals surface area contributed by atoms with Crippen molar-refractivity contribution < 1.29 is 5.11 Å². The number of anilines is 1. The number of aliphatic hydroxyl groups excluding tert-OH is 1. The summed E-state index contributed by atoms with van der Waals surface area (Å²) in [4.78, 5) is 12.9. The number of likely N-dealkylation sites (N-methyl/N-ethyl adjacent to an activating group) is 1. The van der Waals surface area contributed by atoms with Gasteiger partial charge < -0.3 is 14.9 Å². The molecule has 0 spiro atoms. The van der Waals surface area contributed by atoms with Crippen molar-refractivity contribution >= 4 is 18.4 Å². The fourth-order valence-corrected chi connectivity index (χ4v) is 2.99. The summed E-state index contributed by atoms with van der Waals surface area (Å²) in [7, 11) is 2.10. The summed E-state index contributed by atoms with van der Waals surface area (Å²) in [6.07, 6.45) is 1.04. The minimum Gasteiger partial charge on any atom is -0.385 e. The number of nitrogens with zero attached hydrogens (tertiary/aromatic N) is 4. The standard InChI is InChI=1S/C12H20N4OS/c1-8-6-15(3)7-11(18)16(8)10-4-5-13-12(14-10)9(2)17/h4-5,8-9,11,17-18H,6-7H2,1-3H3. The molecule has 0 saturated carbocycles. The second-order valence-corrected chi connectivity index (χ2v) is 5.50. The smallest absolute Gasteiger partial charge is 0.158 e. The molecule has 1 aromatic heterocycles. The first kappa shape index (κ1) is 13.6. The third kappa shape index (κ3) is 2.76. The monoisotopic (exact) mass is 268 g/mol. The molecule has 1 aliphatic heterocycles. The molecule has 5 nitrogen and oxygen atoms in total. The first-order valence-electron chi connectivity index (χ1n) is 6.15. The molecular weight excluding hydrogens is 248 g/mol. The lowest BCUT2D eigenvalue weighted by molar-refractivity contribution is 0.188. The molecule has 18 heavy (non-hydrogen) atoms. The quantitative estimate of drug-likeness (QED) is 0.781. The van der Waals surface area contributed by atoms with Gasteiger partial charge >= 0.3 is 0 Å². The van der Waals surface area contributed by atoms with Gasteiger partial charge in [-0.25, -0.2) is 9.97 Å². The van der Waals surface area contributed by atoms with E-state index in [9.17, 15) is 5.11 Å². The van der Waals surface area contributed by atoms with Crippen molar-refractivity contribution in [2.75, 3.05) is 25.0 Å². The van der Waals surface area contributed by atoms with E-state index in [0.29, 0.717) is 11.9 Å². The van der Waals surface area contributed by atoms with E-state index in [2.05, 4.69) is 46.4 Å². The molecule has 1 aliphatic rings. The van der Waals surface area contributed by atoms with Crippen LogP contribution in [-0.4, -0.2) is 51.5 Å². The van der Waals surface area contributed by atoms with E-state index in [1.165, 1.54) is 0 Å². The van der Waals surface area contributed by atoms with E-state index in [0.717, 1.165) is 18.9 Å². The van der Waals surface area contributed by atoms with Crippen LogP contribution in [0.2, 0.25) is 0 Å². The highest BCUT2D eigenvalue weighted by Crippen LogP contribution is 2.24. The van der Waals surface area contributed by atoms with Crippen LogP contribution in [0.5, 0.6) is 0 Å². The van der Waals surface area contributed by atoms with Crippen LogP contribution in [0.4, 0.5) is 5.82 Å². The number of hydrogen-bond donors (Lipinski definition) is 2. The Morgan fingerprint density at radius 3 is 2.83 bits per heavy atom. The van der Waals surface area contributed by atoms with Gasteiger partial charge in [-0.15, -0.1) is 0 Å². The molecule has 0 aromatic carbocycles. The Morgan fingerprint density at radius 1 is 1.50 bits per heavy atom. The van der Waals surface area contributed by atoms with Crippen molar-refractivity contribution in [3.63, 3.8) is 0 Å². The van der Waals surface area contributed by atoms with Crippen LogP contribution in [0.25, 0.3) is 0 Å². The van der Waals surface area contributed by atoms with Gasteiger partial charge in [0.15, 0.2) is 5.82 Å². The predicted octanol–water partition coefficient (Wildman–Crippen LogP) is 0.926. The highest BCUT2D eigenvalue weighted by atomic mass is 32.1. The average Bonchev–Trinajstić information content (AvgIpc) is 2.28. The molecule has 0 bridgehead atoms. The third-order valence-electron chi connectivity index (χ3n) is 3.14. The van der Waals surface area contributed by atoms with Gasteiger partial charge in [0.05, 0.1) is 5.37 Å². The number of aliphatic hydroxyl groups is 1. The molecule has 6 heteroatoms. The Bertz CT molecular complexity index is 403. The maximum atomic E-state index is 9.55. The zero-order chi connectivity index (χ0) is 13.3. The first-order valence-corrected chi connectivity index (χ1v) is 6.66. The summed E-state index contributed by atoms with van der Waals surface area (Å²) in [6.45, 7) is 5.69. The maximum absolute atomic E-state index is 9.55. The molecule has 1 aromatic rings. The molecule has 100 valence electrons. The number of aromatic nitrogens is 2. The Balaban J connectivity index is 2.27. The van der Waals surface area contributed by atoms with Crippen molar-refractivity contribution in [1.29, 1.82) is 0 Å². The molecule has 1 N–H and O–H groups in total. The van der Waals surface area contributed by atoms with E-state index >= 15 is 0 Å². The van der Waals surface area contributed by atoms with E-state index in [1.807, 2.05) is 6.07 Å². The van der Waals surface area contributed by atoms with Crippen molar-refractivity contribution in [3.05, 3.63) is 18.1 Å². The van der Waals surface area contributed by atoms with Crippen LogP contribution >= 0.6 is 12.6 Å². The largest absolute Gasteiger partial charge is 0.385 e. The summed E-state index contributed by atoms with van der Waals surface area (Å²) in [5, 5.41) is 9.66. The predicted molar refractivity (Wildman–Crippen MR) is 74.9 cm³/mol. The second kappa shape index (κ2) is 5.42. The lowest BCUT2D eigenvalue weighted by Gasteiger charge is -2.43. The van der Waals surface area contributed by atoms with Crippen LogP contribution in [0, 0.1) is 0 Å². The summed E-state index contributed by atoms with van der Waals surface area (Å²) in [6, 6.07) is 2.21. The highest BCUT2D eigenvalue weighted by molar-refractivity contribution is 7.81. The van der Waals surface area contributed by atoms with Gasteiger partial charge in [0.1, 0.15) is 11.9 Å². The fraction of sp³-hybridized carbons (Fsp3) is 0.667. The lowest BCUT2D eigenvalue weighted by atomic mass is 10.2. The molecule has 2 rings (SSSR count). The molecule has 0 radical (unpaired) electrons. The number of rotatable bonds is 2. The molecule has 3 unspecified atom stereocenters. The third-order valence-corrected chi connectivity index (χ3v) is 3.56. The molecule has 0 aliphatic carbocycles. The number of piperazine rings is 1. The SMILES string of the molecule is CC(O)c1nccc(N2C(C)CN(C)CC2S)n1. The van der Waals surface area contributed by atoms with Crippen molar-refractivity contribution in [2.24, 2.45) is 0 Å². The van der Waals surface area contributed by atoms with Crippen LogP contribution in [0.15, 0.2) is 12.3 Å². The average molecular weight is 268 g/mol. The highest BCUT2D eigenvalue weighted by Gasteiger charge is 2.29. The van der Waals surface area contributed by atoms with E-state index < -0.39 is 6.10 Å². The van der Waals surface area contributed by atoms with Crippen LogP contribution in [-0.2, 0) is 0 Å².